The zero-order valence-corrected chi connectivity index (χ0v) is 19.8. The summed E-state index contributed by atoms with van der Waals surface area (Å²) in [6, 6.07) is 5.89. The molecule has 0 spiro atoms. The molecule has 7 heteroatoms. The third-order valence-corrected chi connectivity index (χ3v) is 5.87. The topological polar surface area (TPSA) is 3.24 Å². The quantitative estimate of drug-likeness (QED) is 0.422. The molecule has 0 aromatic heterocycles. The van der Waals surface area contributed by atoms with Crippen LogP contribution in [0.1, 0.15) is 44.4 Å². The summed E-state index contributed by atoms with van der Waals surface area (Å²) in [5, 5.41) is 1.58. The van der Waals surface area contributed by atoms with Crippen LogP contribution < -0.4 is 5.30 Å². The minimum Gasteiger partial charge on any atom is -0.391 e. The number of aryl methyl sites for hydroxylation is 3. The molecule has 0 N–H and O–H groups in total. The van der Waals surface area contributed by atoms with E-state index in [0.717, 1.165) is 0 Å². The second-order valence-corrected chi connectivity index (χ2v) is 20.4. The van der Waals surface area contributed by atoms with Crippen molar-refractivity contribution in [3.05, 3.63) is 28.8 Å². The Hall–Kier alpha value is 1.30. The van der Waals surface area contributed by atoms with Gasteiger partial charge in [-0.05, 0) is 59.6 Å². The molecule has 0 aliphatic heterocycles. The lowest BCUT2D eigenvalue weighted by Gasteiger charge is -2.25. The Morgan fingerprint density at radius 3 is 1.45 bits per heavy atom. The maximum Gasteiger partial charge on any atom is 0.564 e. The molecule has 0 fully saturated rings. The molecule has 0 saturated heterocycles. The average molecular weight is 421 g/mol. The highest BCUT2D eigenvalue weighted by Gasteiger charge is 2.22. The molecule has 0 amide bonds. The second-order valence-electron chi connectivity index (χ2n) is 6.07. The molecular weight excluding hydrogens is 394 g/mol. The zero-order chi connectivity index (χ0) is 17.7. The van der Waals surface area contributed by atoms with Gasteiger partial charge in [-0.3, -0.25) is 0 Å². The van der Waals surface area contributed by atoms with Gasteiger partial charge >= 0.3 is 9.39 Å². The molecule has 0 heterocycles. The summed E-state index contributed by atoms with van der Waals surface area (Å²) < 4.78 is 2.63. The van der Waals surface area contributed by atoms with Crippen molar-refractivity contribution in [1.29, 1.82) is 0 Å². The van der Waals surface area contributed by atoms with Crippen LogP contribution >= 0.6 is 48.9 Å². The molecule has 0 radical (unpaired) electrons. The standard InChI is InChI=1S/C15H26NP.Al.4ClH/c1-10(2)16(11(3)4)17-15-13(6)8-12(5)9-14(15)7;;;;;/h8-11,17H,1-7H3;;4*1H/q;+3;;;;/p-3. The summed E-state index contributed by atoms with van der Waals surface area (Å²) in [7, 11) is 17.3. The fourth-order valence-corrected chi connectivity index (χ4v) is 3.91. The van der Waals surface area contributed by atoms with Gasteiger partial charge in [-0.25, -0.2) is 0 Å². The number of nitrogens with zero attached hydrogens (tertiary/aromatic N) is 1. The van der Waals surface area contributed by atoms with E-state index in [2.05, 4.69) is 65.3 Å². The first kappa shape index (κ1) is 23.3. The molecular formula is C15H27AlCl4NP. The van der Waals surface area contributed by atoms with E-state index in [1.54, 1.807) is 5.30 Å². The fraction of sp³-hybridized carbons (Fsp3) is 0.600. The van der Waals surface area contributed by atoms with Crippen LogP contribution in [0.3, 0.4) is 0 Å². The van der Waals surface area contributed by atoms with Gasteiger partial charge in [0.05, 0.1) is 8.73 Å². The lowest BCUT2D eigenvalue weighted by molar-refractivity contribution is 0.331. The second kappa shape index (κ2) is 10.3. The lowest BCUT2D eigenvalue weighted by Crippen LogP contribution is -2.32. The van der Waals surface area contributed by atoms with Crippen LogP contribution in [0.4, 0.5) is 0 Å². The van der Waals surface area contributed by atoms with E-state index in [0.29, 0.717) is 12.1 Å². The molecule has 0 saturated carbocycles. The first-order chi connectivity index (χ1) is 9.82. The van der Waals surface area contributed by atoms with E-state index in [4.69, 9.17) is 40.2 Å². The van der Waals surface area contributed by atoms with Crippen LogP contribution in [0.25, 0.3) is 0 Å². The summed E-state index contributed by atoms with van der Waals surface area (Å²) >= 11 is 0. The van der Waals surface area contributed by atoms with Crippen LogP contribution in [0.15, 0.2) is 12.1 Å². The van der Waals surface area contributed by atoms with Crippen molar-refractivity contribution in [3.63, 3.8) is 0 Å². The van der Waals surface area contributed by atoms with E-state index in [1.165, 1.54) is 16.7 Å². The maximum atomic E-state index is 4.99. The van der Waals surface area contributed by atoms with Crippen LogP contribution in [-0.2, 0) is 0 Å². The van der Waals surface area contributed by atoms with Crippen molar-refractivity contribution >= 4 is 63.6 Å². The highest BCUT2D eigenvalue weighted by molar-refractivity contribution is 7.81. The number of halogens is 4. The van der Waals surface area contributed by atoms with E-state index >= 15 is 0 Å². The molecule has 0 bridgehead atoms. The summed E-state index contributed by atoms with van der Waals surface area (Å²) in [4.78, 5) is 0. The molecule has 1 nitrogen and oxygen atoms in total. The molecule has 22 heavy (non-hydrogen) atoms. The predicted molar refractivity (Wildman–Crippen MR) is 111 cm³/mol. The maximum absolute atomic E-state index is 4.99. The molecule has 0 aliphatic rings. The van der Waals surface area contributed by atoms with E-state index in [-0.39, 0.29) is 8.73 Å². The van der Waals surface area contributed by atoms with Gasteiger partial charge in [0.25, 0.3) is 0 Å². The van der Waals surface area contributed by atoms with E-state index < -0.39 is 9.39 Å². The summed E-state index contributed by atoms with van der Waals surface area (Å²) in [6.45, 7) is 15.9. The highest BCUT2D eigenvalue weighted by Crippen LogP contribution is 2.27. The average Bonchev–Trinajstić information content (AvgIpc) is 2.23. The fourth-order valence-electron chi connectivity index (χ4n) is 2.44. The summed E-state index contributed by atoms with van der Waals surface area (Å²) in [5.41, 5.74) is 4.30. The Balaban J connectivity index is 0.000000763. The predicted octanol–water partition coefficient (Wildman–Crippen LogP) is 6.06. The Bertz CT molecular complexity index is 438. The Labute approximate surface area is 157 Å². The third kappa shape index (κ3) is 10.2. The first-order valence-corrected chi connectivity index (χ1v) is 15.5. The Kier molecular flexibility index (Phi) is 10.9. The molecule has 1 rings (SSSR count). The monoisotopic (exact) mass is 419 g/mol. The van der Waals surface area contributed by atoms with Gasteiger partial charge in [-0.2, -0.15) is 4.67 Å². The summed E-state index contributed by atoms with van der Waals surface area (Å²) in [5.74, 6) is 0. The van der Waals surface area contributed by atoms with Crippen molar-refractivity contribution in [2.45, 2.75) is 60.5 Å². The van der Waals surface area contributed by atoms with Gasteiger partial charge in [0.2, 0.25) is 0 Å². The number of hydrogen-bond acceptors (Lipinski definition) is 1. The Morgan fingerprint density at radius 2 is 1.18 bits per heavy atom. The molecule has 1 aromatic carbocycles. The third-order valence-electron chi connectivity index (χ3n) is 3.21. The van der Waals surface area contributed by atoms with E-state index in [1.807, 2.05) is 0 Å². The number of benzene rings is 1. The van der Waals surface area contributed by atoms with Gasteiger partial charge in [-0.1, -0.05) is 17.7 Å². The number of hydrogen-bond donors (Lipinski definition) is 0. The first-order valence-electron chi connectivity index (χ1n) is 7.40. The molecule has 0 aliphatic carbocycles. The van der Waals surface area contributed by atoms with Crippen molar-refractivity contribution in [3.8, 4) is 0 Å². The van der Waals surface area contributed by atoms with Crippen LogP contribution in [0, 0.1) is 20.8 Å². The zero-order valence-electron chi connectivity index (χ0n) is 14.4. The lowest BCUT2D eigenvalue weighted by atomic mass is 10.1. The molecule has 1 atom stereocenters. The minimum atomic E-state index is -2.94. The minimum absolute atomic E-state index is 0.225. The van der Waals surface area contributed by atoms with Crippen LogP contribution in [-0.4, -0.2) is 26.1 Å². The van der Waals surface area contributed by atoms with Crippen molar-refractivity contribution in [2.24, 2.45) is 0 Å². The molecule has 128 valence electrons. The van der Waals surface area contributed by atoms with E-state index in [9.17, 15) is 0 Å². The van der Waals surface area contributed by atoms with Crippen molar-refractivity contribution in [1.82, 2.24) is 4.67 Å². The van der Waals surface area contributed by atoms with Gasteiger partial charge in [0, 0.05) is 12.1 Å². The largest absolute Gasteiger partial charge is 0.564 e. The van der Waals surface area contributed by atoms with Gasteiger partial charge in [-0.15, -0.1) is 0 Å². The highest BCUT2D eigenvalue weighted by atomic mass is 35.9. The summed E-state index contributed by atoms with van der Waals surface area (Å²) in [6.07, 6.45) is 0. The Morgan fingerprint density at radius 1 is 0.864 bits per heavy atom. The normalized spacial score (nSPS) is 12.5. The van der Waals surface area contributed by atoms with Crippen molar-refractivity contribution < 1.29 is 0 Å². The van der Waals surface area contributed by atoms with Crippen LogP contribution in [0.5, 0.6) is 0 Å². The smallest absolute Gasteiger partial charge is 0.391 e. The van der Waals surface area contributed by atoms with Crippen molar-refractivity contribution in [2.75, 3.05) is 0 Å². The SMILES string of the molecule is Cc1cc(C)c([PH2+]N(C(C)C)C(C)C)c(C)c1.[Cl][Al-]([Cl])([Cl])[Cl]. The van der Waals surface area contributed by atoms with Gasteiger partial charge < -0.3 is 40.2 Å². The van der Waals surface area contributed by atoms with Gasteiger partial charge in [0.15, 0.2) is 0 Å². The molecule has 1 unspecified atom stereocenters. The number of rotatable bonds is 4. The molecule has 1 aromatic rings. The van der Waals surface area contributed by atoms with Crippen LogP contribution in [0.2, 0.25) is 0 Å². The van der Waals surface area contributed by atoms with Gasteiger partial charge in [0.1, 0.15) is 5.30 Å².